The number of pyridine rings is 1. The molecule has 0 unspecified atom stereocenters. The number of alkyl halides is 2. The molecule has 0 aliphatic heterocycles. The van der Waals surface area contributed by atoms with Crippen LogP contribution in [0.1, 0.15) is 18.0 Å². The van der Waals surface area contributed by atoms with Gasteiger partial charge in [0, 0.05) is 23.8 Å². The van der Waals surface area contributed by atoms with Gasteiger partial charge in [0.1, 0.15) is 30.2 Å². The van der Waals surface area contributed by atoms with E-state index in [2.05, 4.69) is 25.1 Å². The zero-order valence-corrected chi connectivity index (χ0v) is 13.5. The summed E-state index contributed by atoms with van der Waals surface area (Å²) in [6.07, 6.45) is 1.44. The molecule has 0 bridgehead atoms. The Labute approximate surface area is 149 Å². The first-order valence-electron chi connectivity index (χ1n) is 7.69. The Morgan fingerprint density at radius 2 is 1.96 bits per heavy atom. The van der Waals surface area contributed by atoms with Gasteiger partial charge >= 0.3 is 6.43 Å². The Balaban J connectivity index is 1.50. The molecule has 0 radical (unpaired) electrons. The highest BCUT2D eigenvalue weighted by Gasteiger charge is 2.18. The molecule has 0 fully saturated rings. The first kappa shape index (κ1) is 16.9. The minimum absolute atomic E-state index is 0.0372. The minimum Gasteiger partial charge on any atom is -0.487 e. The third-order valence-corrected chi connectivity index (χ3v) is 3.65. The largest absolute Gasteiger partial charge is 0.487 e. The second-order valence-electron chi connectivity index (χ2n) is 5.43. The van der Waals surface area contributed by atoms with Gasteiger partial charge < -0.3 is 9.15 Å². The lowest BCUT2D eigenvalue weighted by Crippen LogP contribution is -2.02. The van der Waals surface area contributed by atoms with Crippen LogP contribution in [0.4, 0.5) is 13.2 Å². The summed E-state index contributed by atoms with van der Waals surface area (Å²) in [5, 5.41) is 7.50. The highest BCUT2D eigenvalue weighted by atomic mass is 19.3. The van der Waals surface area contributed by atoms with Crippen molar-refractivity contribution < 1.29 is 22.3 Å². The van der Waals surface area contributed by atoms with Gasteiger partial charge in [0.25, 0.3) is 5.89 Å². The van der Waals surface area contributed by atoms with Crippen molar-refractivity contribution in [3.63, 3.8) is 0 Å². The highest BCUT2D eigenvalue weighted by Crippen LogP contribution is 2.24. The van der Waals surface area contributed by atoms with Crippen LogP contribution in [-0.4, -0.2) is 25.1 Å². The predicted octanol–water partition coefficient (Wildman–Crippen LogP) is 3.73. The first-order chi connectivity index (χ1) is 13.1. The van der Waals surface area contributed by atoms with Gasteiger partial charge in [-0.15, -0.1) is 10.2 Å². The second kappa shape index (κ2) is 6.98. The molecule has 0 amide bonds. The van der Waals surface area contributed by atoms with Crippen LogP contribution in [0.15, 0.2) is 47.4 Å². The van der Waals surface area contributed by atoms with Crippen LogP contribution in [0, 0.1) is 5.82 Å². The average molecular weight is 373 g/mol. The normalized spacial score (nSPS) is 11.3. The van der Waals surface area contributed by atoms with Crippen LogP contribution in [0.25, 0.3) is 22.4 Å². The summed E-state index contributed by atoms with van der Waals surface area (Å²) in [4.78, 5) is 12.0. The van der Waals surface area contributed by atoms with E-state index < -0.39 is 18.1 Å². The van der Waals surface area contributed by atoms with E-state index in [1.165, 1.54) is 12.5 Å². The van der Waals surface area contributed by atoms with Gasteiger partial charge in [0.05, 0.1) is 11.1 Å². The molecule has 4 aromatic rings. The summed E-state index contributed by atoms with van der Waals surface area (Å²) in [5.41, 5.74) is 0.825. The molecule has 10 heteroatoms. The smallest absolute Gasteiger partial charge is 0.314 e. The van der Waals surface area contributed by atoms with Gasteiger partial charge in [-0.05, 0) is 18.2 Å². The van der Waals surface area contributed by atoms with E-state index in [1.807, 2.05) is 0 Å². The number of ether oxygens (including phenoxy) is 1. The Kier molecular flexibility index (Phi) is 4.37. The van der Waals surface area contributed by atoms with Crippen molar-refractivity contribution in [2.75, 3.05) is 0 Å². The van der Waals surface area contributed by atoms with Crippen LogP contribution in [0.5, 0.6) is 5.75 Å². The molecule has 0 saturated heterocycles. The highest BCUT2D eigenvalue weighted by molar-refractivity contribution is 5.78. The van der Waals surface area contributed by atoms with Gasteiger partial charge in [-0.25, -0.2) is 14.4 Å². The molecule has 0 N–H and O–H groups in total. The molecule has 0 spiro atoms. The van der Waals surface area contributed by atoms with Gasteiger partial charge in [-0.3, -0.25) is 4.98 Å². The molecular formula is C17H10F3N5O2. The van der Waals surface area contributed by atoms with E-state index in [9.17, 15) is 13.2 Å². The molecule has 1 aromatic carbocycles. The summed E-state index contributed by atoms with van der Waals surface area (Å²) in [6, 6.07) is 6.27. The average Bonchev–Trinajstić information content (AvgIpc) is 3.17. The summed E-state index contributed by atoms with van der Waals surface area (Å²) in [5.74, 6) is -1.27. The summed E-state index contributed by atoms with van der Waals surface area (Å²) in [6.45, 7) is -0.130. The Morgan fingerprint density at radius 3 is 2.74 bits per heavy atom. The third kappa shape index (κ3) is 3.54. The fourth-order valence-electron chi connectivity index (χ4n) is 2.32. The van der Waals surface area contributed by atoms with E-state index >= 15 is 0 Å². The van der Waals surface area contributed by atoms with Crippen molar-refractivity contribution in [2.24, 2.45) is 0 Å². The first-order valence-corrected chi connectivity index (χ1v) is 7.69. The van der Waals surface area contributed by atoms with E-state index in [4.69, 9.17) is 9.15 Å². The Hall–Kier alpha value is -3.56. The Bertz CT molecular complexity index is 1100. The van der Waals surface area contributed by atoms with Gasteiger partial charge in [-0.1, -0.05) is 0 Å². The molecule has 4 rings (SSSR count). The predicted molar refractivity (Wildman–Crippen MR) is 86.3 cm³/mol. The molecule has 7 nitrogen and oxygen atoms in total. The van der Waals surface area contributed by atoms with Gasteiger partial charge in [0.15, 0.2) is 0 Å². The molecular weight excluding hydrogens is 363 g/mol. The molecule has 0 saturated carbocycles. The summed E-state index contributed by atoms with van der Waals surface area (Å²) >= 11 is 0. The zero-order valence-electron chi connectivity index (χ0n) is 13.5. The topological polar surface area (TPSA) is 86.8 Å². The van der Waals surface area contributed by atoms with E-state index in [1.54, 1.807) is 24.4 Å². The van der Waals surface area contributed by atoms with Crippen LogP contribution in [0.3, 0.4) is 0 Å². The number of rotatable bonds is 5. The quantitative estimate of drug-likeness (QED) is 0.527. The molecule has 0 aliphatic rings. The number of hydrogen-bond donors (Lipinski definition) is 0. The Morgan fingerprint density at radius 1 is 1.07 bits per heavy atom. The lowest BCUT2D eigenvalue weighted by molar-refractivity contribution is 0.116. The standard InChI is InChI=1S/C17H10F3N5O2/c18-12-3-10(16-24-25-17(27-16)15(19)20)6-22-14(12)7-26-11-2-1-9-5-21-8-23-13(9)4-11/h1-6,8,15H,7H2. The van der Waals surface area contributed by atoms with Crippen molar-refractivity contribution in [2.45, 2.75) is 13.0 Å². The molecule has 27 heavy (non-hydrogen) atoms. The molecule has 3 heterocycles. The maximum Gasteiger partial charge on any atom is 0.314 e. The maximum atomic E-state index is 14.3. The van der Waals surface area contributed by atoms with Gasteiger partial charge in [-0.2, -0.15) is 8.78 Å². The van der Waals surface area contributed by atoms with E-state index in [0.717, 1.165) is 11.5 Å². The van der Waals surface area contributed by atoms with Crippen LogP contribution in [-0.2, 0) is 6.61 Å². The van der Waals surface area contributed by atoms with Crippen molar-refractivity contribution in [3.05, 3.63) is 60.4 Å². The van der Waals surface area contributed by atoms with Crippen LogP contribution >= 0.6 is 0 Å². The fraction of sp³-hybridized carbons (Fsp3) is 0.118. The number of aromatic nitrogens is 5. The van der Waals surface area contributed by atoms with E-state index in [-0.39, 0.29) is 23.8 Å². The minimum atomic E-state index is -2.90. The summed E-state index contributed by atoms with van der Waals surface area (Å²) in [7, 11) is 0. The molecule has 0 atom stereocenters. The number of fused-ring (bicyclic) bond motifs is 1. The third-order valence-electron chi connectivity index (χ3n) is 3.65. The van der Waals surface area contributed by atoms with Crippen LogP contribution < -0.4 is 4.74 Å². The zero-order chi connectivity index (χ0) is 18.8. The SMILES string of the molecule is Fc1cc(-c2nnc(C(F)F)o2)cnc1COc1ccc2cncnc2c1. The molecule has 136 valence electrons. The summed E-state index contributed by atoms with van der Waals surface area (Å²) < 4.78 is 49.6. The fourth-order valence-corrected chi connectivity index (χ4v) is 2.32. The number of nitrogens with zero attached hydrogens (tertiary/aromatic N) is 5. The number of hydrogen-bond acceptors (Lipinski definition) is 7. The maximum absolute atomic E-state index is 14.3. The van der Waals surface area contributed by atoms with Crippen molar-refractivity contribution >= 4 is 10.9 Å². The lowest BCUT2D eigenvalue weighted by atomic mass is 10.2. The number of halogens is 3. The molecule has 3 aromatic heterocycles. The van der Waals surface area contributed by atoms with Crippen LogP contribution in [0.2, 0.25) is 0 Å². The monoisotopic (exact) mass is 373 g/mol. The lowest BCUT2D eigenvalue weighted by Gasteiger charge is -2.07. The van der Waals surface area contributed by atoms with Gasteiger partial charge in [0.2, 0.25) is 5.89 Å². The van der Waals surface area contributed by atoms with Crippen molar-refractivity contribution in [3.8, 4) is 17.2 Å². The van der Waals surface area contributed by atoms with Crippen molar-refractivity contribution in [1.82, 2.24) is 25.1 Å². The van der Waals surface area contributed by atoms with E-state index in [0.29, 0.717) is 11.3 Å². The van der Waals surface area contributed by atoms with Crippen molar-refractivity contribution in [1.29, 1.82) is 0 Å². The molecule has 0 aliphatic carbocycles. The second-order valence-corrected chi connectivity index (χ2v) is 5.43. The number of benzene rings is 1.